The Balaban J connectivity index is 1.28. The van der Waals surface area contributed by atoms with E-state index >= 15 is 0 Å². The molecule has 0 atom stereocenters. The first kappa shape index (κ1) is 33.0. The molecule has 3 heterocycles. The van der Waals surface area contributed by atoms with Gasteiger partial charge in [0.1, 0.15) is 0 Å². The van der Waals surface area contributed by atoms with Gasteiger partial charge in [0.25, 0.3) is 0 Å². The van der Waals surface area contributed by atoms with Crippen molar-refractivity contribution < 1.29 is 0 Å². The minimum Gasteiger partial charge on any atom is -0.307 e. The molecule has 0 fully saturated rings. The highest BCUT2D eigenvalue weighted by Crippen LogP contribution is 2.52. The van der Waals surface area contributed by atoms with Gasteiger partial charge in [0, 0.05) is 53.1 Å². The summed E-state index contributed by atoms with van der Waals surface area (Å²) in [6.45, 7) is 9.80. The Bertz CT molecular complexity index is 3460. The smallest absolute Gasteiger partial charge is 0.0795 e. The van der Waals surface area contributed by atoms with Gasteiger partial charge >= 0.3 is 0 Å². The molecule has 0 N–H and O–H groups in total. The maximum absolute atomic E-state index is 2.62. The predicted octanol–water partition coefficient (Wildman–Crippen LogP) is 15.4. The van der Waals surface area contributed by atoms with Crippen LogP contribution in [0.5, 0.6) is 0 Å². The Labute approximate surface area is 336 Å². The van der Waals surface area contributed by atoms with Crippen molar-refractivity contribution >= 4 is 85.9 Å². The van der Waals surface area contributed by atoms with Crippen LogP contribution in [0.4, 0.5) is 0 Å². The van der Waals surface area contributed by atoms with Gasteiger partial charge in [-0.05, 0) is 117 Å². The lowest BCUT2D eigenvalue weighted by molar-refractivity contribution is 0.332. The Morgan fingerprint density at radius 2 is 0.965 bits per heavy atom. The number of aromatic nitrogens is 2. The molecule has 0 aliphatic heterocycles. The molecular weight excluding hydrogens is 709 g/mol. The third kappa shape index (κ3) is 4.64. The first-order chi connectivity index (χ1) is 27.8. The van der Waals surface area contributed by atoms with E-state index < -0.39 is 0 Å². The summed E-state index contributed by atoms with van der Waals surface area (Å²) in [7, 11) is 0. The minimum absolute atomic E-state index is 0.0667. The number of benzene rings is 8. The normalized spacial score (nSPS) is 15.2. The Morgan fingerprint density at radius 3 is 1.72 bits per heavy atom. The summed E-state index contributed by atoms with van der Waals surface area (Å²) in [6.07, 6.45) is 2.35. The van der Waals surface area contributed by atoms with Gasteiger partial charge in [-0.25, -0.2) is 0 Å². The number of fused-ring (bicyclic) bond motifs is 14. The van der Waals surface area contributed by atoms with E-state index in [0.717, 1.165) is 0 Å². The van der Waals surface area contributed by atoms with Crippen LogP contribution in [-0.2, 0) is 10.8 Å². The predicted molar refractivity (Wildman–Crippen MR) is 246 cm³/mol. The summed E-state index contributed by atoms with van der Waals surface area (Å²) in [5.41, 5.74) is 12.9. The van der Waals surface area contributed by atoms with Crippen LogP contribution in [0.2, 0.25) is 0 Å². The van der Waals surface area contributed by atoms with Crippen LogP contribution in [0.3, 0.4) is 0 Å². The zero-order chi connectivity index (χ0) is 38.2. The molecule has 8 aromatic carbocycles. The Kier molecular flexibility index (Phi) is 6.77. The average Bonchev–Trinajstić information content (AvgIpc) is 3.90. The van der Waals surface area contributed by atoms with Gasteiger partial charge in [0.2, 0.25) is 0 Å². The van der Waals surface area contributed by atoms with Crippen molar-refractivity contribution in [1.29, 1.82) is 0 Å². The SMILES string of the molecule is CC1(C)CCC(C)(C)c2cc3c(cc21)c1c2ccccc2c2c4ccccc4n(-c4ccccc4)c2c1n3-c1cccc(-c2ccc3sc4ccccc4c3c2)c1. The molecule has 0 radical (unpaired) electrons. The highest BCUT2D eigenvalue weighted by molar-refractivity contribution is 7.25. The first-order valence-electron chi connectivity index (χ1n) is 20.3. The molecule has 3 heteroatoms. The average molecular weight is 751 g/mol. The fourth-order valence-electron chi connectivity index (χ4n) is 10.3. The van der Waals surface area contributed by atoms with E-state index in [4.69, 9.17) is 0 Å². The quantitative estimate of drug-likeness (QED) is 0.170. The maximum atomic E-state index is 2.62. The van der Waals surface area contributed by atoms with Gasteiger partial charge in [-0.1, -0.05) is 125 Å². The molecule has 3 aromatic heterocycles. The van der Waals surface area contributed by atoms with E-state index in [1.165, 1.54) is 121 Å². The van der Waals surface area contributed by atoms with E-state index in [1.807, 2.05) is 11.3 Å². The third-order valence-corrected chi connectivity index (χ3v) is 14.5. The maximum Gasteiger partial charge on any atom is 0.0795 e. The number of hydrogen-bond donors (Lipinski definition) is 0. The van der Waals surface area contributed by atoms with Crippen molar-refractivity contribution in [2.75, 3.05) is 0 Å². The first-order valence-corrected chi connectivity index (χ1v) is 21.1. The van der Waals surface area contributed by atoms with E-state index in [2.05, 4.69) is 195 Å². The van der Waals surface area contributed by atoms with E-state index in [-0.39, 0.29) is 10.8 Å². The number of rotatable bonds is 3. The minimum atomic E-state index is 0.0667. The van der Waals surface area contributed by atoms with Crippen molar-refractivity contribution in [2.45, 2.75) is 51.4 Å². The second kappa shape index (κ2) is 11.7. The molecule has 1 aliphatic rings. The van der Waals surface area contributed by atoms with Crippen LogP contribution in [0, 0.1) is 0 Å². The van der Waals surface area contributed by atoms with Crippen molar-refractivity contribution in [2.24, 2.45) is 0 Å². The summed E-state index contributed by atoms with van der Waals surface area (Å²) in [5, 5.41) is 10.5. The zero-order valence-corrected chi connectivity index (χ0v) is 33.5. The molecule has 0 saturated heterocycles. The summed E-state index contributed by atoms with van der Waals surface area (Å²) in [4.78, 5) is 0. The standard InChI is InChI=1S/C54H42N2S/c1-53(2)27-28-54(3,4)44-32-46-42(31-43(44)53)50-39-21-9-8-20-38(39)49-40-22-10-12-23-45(40)55(35-16-6-5-7-17-35)51(49)52(50)56(46)36-18-14-15-33(29-36)34-25-26-48-41(30-34)37-19-11-13-24-47(37)57-48/h5-26,29-32H,27-28H2,1-4H3. The molecule has 57 heavy (non-hydrogen) atoms. The lowest BCUT2D eigenvalue weighted by Crippen LogP contribution is -2.33. The third-order valence-electron chi connectivity index (χ3n) is 13.3. The summed E-state index contributed by atoms with van der Waals surface area (Å²) in [5.74, 6) is 0. The molecule has 0 spiro atoms. The number of thiophene rings is 1. The largest absolute Gasteiger partial charge is 0.307 e. The van der Waals surface area contributed by atoms with Gasteiger partial charge in [0.15, 0.2) is 0 Å². The summed E-state index contributed by atoms with van der Waals surface area (Å²) in [6, 6.07) is 59.4. The van der Waals surface area contributed by atoms with Crippen molar-refractivity contribution in [3.8, 4) is 22.5 Å². The van der Waals surface area contributed by atoms with Gasteiger partial charge in [-0.3, -0.25) is 0 Å². The van der Waals surface area contributed by atoms with Gasteiger partial charge < -0.3 is 9.13 Å². The molecule has 274 valence electrons. The fraction of sp³-hybridized carbons (Fsp3) is 0.148. The molecular formula is C54H42N2S. The van der Waals surface area contributed by atoms with Gasteiger partial charge in [-0.15, -0.1) is 11.3 Å². The van der Waals surface area contributed by atoms with E-state index in [9.17, 15) is 0 Å². The van der Waals surface area contributed by atoms with Gasteiger partial charge in [0.05, 0.1) is 22.1 Å². The van der Waals surface area contributed by atoms with Crippen molar-refractivity contribution in [3.05, 3.63) is 169 Å². The molecule has 2 nitrogen and oxygen atoms in total. The summed E-state index contributed by atoms with van der Waals surface area (Å²) < 4.78 is 7.82. The fourth-order valence-corrected chi connectivity index (χ4v) is 11.4. The Morgan fingerprint density at radius 1 is 0.404 bits per heavy atom. The van der Waals surface area contributed by atoms with Crippen LogP contribution in [0.25, 0.3) is 97.1 Å². The second-order valence-corrected chi connectivity index (χ2v) is 18.6. The van der Waals surface area contributed by atoms with Gasteiger partial charge in [-0.2, -0.15) is 0 Å². The molecule has 0 unspecified atom stereocenters. The lowest BCUT2D eigenvalue weighted by atomic mass is 9.63. The van der Waals surface area contributed by atoms with E-state index in [1.54, 1.807) is 0 Å². The van der Waals surface area contributed by atoms with Crippen molar-refractivity contribution in [1.82, 2.24) is 9.13 Å². The van der Waals surface area contributed by atoms with Crippen LogP contribution in [-0.4, -0.2) is 9.13 Å². The molecule has 0 bridgehead atoms. The Hall–Kier alpha value is -6.16. The van der Waals surface area contributed by atoms with Crippen LogP contribution >= 0.6 is 11.3 Å². The highest BCUT2D eigenvalue weighted by Gasteiger charge is 2.38. The van der Waals surface area contributed by atoms with E-state index in [0.29, 0.717) is 0 Å². The highest BCUT2D eigenvalue weighted by atomic mass is 32.1. The van der Waals surface area contributed by atoms with Crippen LogP contribution in [0.1, 0.15) is 51.7 Å². The summed E-state index contributed by atoms with van der Waals surface area (Å²) >= 11 is 1.88. The molecule has 0 saturated carbocycles. The molecule has 1 aliphatic carbocycles. The number of para-hydroxylation sites is 2. The molecule has 11 aromatic rings. The number of nitrogens with zero attached hydrogens (tertiary/aromatic N) is 2. The van der Waals surface area contributed by atoms with Crippen molar-refractivity contribution in [3.63, 3.8) is 0 Å². The second-order valence-electron chi connectivity index (χ2n) is 17.6. The molecule has 0 amide bonds. The lowest BCUT2D eigenvalue weighted by Gasteiger charge is -2.42. The molecule has 12 rings (SSSR count). The van der Waals surface area contributed by atoms with Crippen LogP contribution < -0.4 is 0 Å². The monoisotopic (exact) mass is 750 g/mol. The topological polar surface area (TPSA) is 9.86 Å². The zero-order valence-electron chi connectivity index (χ0n) is 32.7. The number of hydrogen-bond acceptors (Lipinski definition) is 1. The van der Waals surface area contributed by atoms with Crippen LogP contribution in [0.15, 0.2) is 158 Å².